The lowest BCUT2D eigenvalue weighted by atomic mass is 9.78. The van der Waals surface area contributed by atoms with Crippen LogP contribution in [0.2, 0.25) is 0 Å². The fourth-order valence-electron chi connectivity index (χ4n) is 4.99. The maximum Gasteiger partial charge on any atom is 0.514 e. The SMILES string of the molecule is CCc1cccc2c(O)c3c(c(OC(=O)OC(C)C)c12)C1CCC3(C)C1. The number of rotatable bonds is 3. The van der Waals surface area contributed by atoms with Crippen molar-refractivity contribution in [1.82, 2.24) is 0 Å². The summed E-state index contributed by atoms with van der Waals surface area (Å²) in [4.78, 5) is 12.3. The van der Waals surface area contributed by atoms with E-state index in [1.54, 1.807) is 13.8 Å². The van der Waals surface area contributed by atoms with Crippen LogP contribution in [0.25, 0.3) is 10.8 Å². The molecule has 1 N–H and O–H groups in total. The quantitative estimate of drug-likeness (QED) is 0.578. The molecule has 0 aliphatic heterocycles. The second kappa shape index (κ2) is 5.90. The molecule has 0 saturated heterocycles. The molecule has 2 unspecified atom stereocenters. The molecule has 0 aromatic heterocycles. The Morgan fingerprint density at radius 2 is 2.15 bits per heavy atom. The molecule has 4 nitrogen and oxygen atoms in total. The number of hydrogen-bond acceptors (Lipinski definition) is 4. The Labute approximate surface area is 154 Å². The van der Waals surface area contributed by atoms with E-state index in [0.29, 0.717) is 17.4 Å². The van der Waals surface area contributed by atoms with Crippen molar-refractivity contribution in [3.8, 4) is 11.5 Å². The number of carbonyl (C=O) groups is 1. The van der Waals surface area contributed by atoms with Crippen LogP contribution in [0.1, 0.15) is 69.6 Å². The molecule has 2 atom stereocenters. The molecular weight excluding hydrogens is 328 g/mol. The molecule has 2 aliphatic carbocycles. The van der Waals surface area contributed by atoms with E-state index in [0.717, 1.165) is 53.1 Å². The molecule has 26 heavy (non-hydrogen) atoms. The zero-order chi connectivity index (χ0) is 18.6. The van der Waals surface area contributed by atoms with Crippen molar-refractivity contribution in [3.63, 3.8) is 0 Å². The van der Waals surface area contributed by atoms with Crippen LogP contribution in [0.15, 0.2) is 18.2 Å². The summed E-state index contributed by atoms with van der Waals surface area (Å²) in [5.41, 5.74) is 3.02. The van der Waals surface area contributed by atoms with Gasteiger partial charge >= 0.3 is 6.16 Å². The van der Waals surface area contributed by atoms with Gasteiger partial charge in [-0.1, -0.05) is 32.0 Å². The zero-order valence-corrected chi connectivity index (χ0v) is 15.9. The summed E-state index contributed by atoms with van der Waals surface area (Å²) in [7, 11) is 0. The predicted molar refractivity (Wildman–Crippen MR) is 101 cm³/mol. The molecule has 2 aromatic carbocycles. The van der Waals surface area contributed by atoms with Gasteiger partial charge in [0.25, 0.3) is 0 Å². The predicted octanol–water partition coefficient (Wildman–Crippen LogP) is 5.57. The first kappa shape index (κ1) is 17.2. The van der Waals surface area contributed by atoms with Crippen molar-refractivity contribution in [2.24, 2.45) is 0 Å². The van der Waals surface area contributed by atoms with E-state index in [2.05, 4.69) is 13.8 Å². The molecule has 1 saturated carbocycles. The van der Waals surface area contributed by atoms with Crippen LogP contribution in [-0.2, 0) is 16.6 Å². The Hall–Kier alpha value is -2.23. The van der Waals surface area contributed by atoms with E-state index in [1.807, 2.05) is 18.2 Å². The van der Waals surface area contributed by atoms with Gasteiger partial charge in [0.1, 0.15) is 11.5 Å². The number of aryl methyl sites for hydroxylation is 1. The summed E-state index contributed by atoms with van der Waals surface area (Å²) in [6, 6.07) is 5.91. The van der Waals surface area contributed by atoms with Crippen LogP contribution in [0.3, 0.4) is 0 Å². The van der Waals surface area contributed by atoms with Crippen molar-refractivity contribution in [2.75, 3.05) is 0 Å². The van der Waals surface area contributed by atoms with Crippen molar-refractivity contribution in [1.29, 1.82) is 0 Å². The first-order valence-corrected chi connectivity index (χ1v) is 9.55. The van der Waals surface area contributed by atoms with Gasteiger partial charge in [-0.05, 0) is 56.4 Å². The highest BCUT2D eigenvalue weighted by atomic mass is 16.7. The number of hydrogen-bond donors (Lipinski definition) is 1. The smallest absolute Gasteiger partial charge is 0.507 e. The average Bonchev–Trinajstić information content (AvgIpc) is 3.11. The van der Waals surface area contributed by atoms with Crippen LogP contribution in [0.5, 0.6) is 11.5 Å². The molecule has 0 heterocycles. The van der Waals surface area contributed by atoms with Crippen LogP contribution >= 0.6 is 0 Å². The first-order valence-electron chi connectivity index (χ1n) is 9.55. The van der Waals surface area contributed by atoms with Gasteiger partial charge in [0.05, 0.1) is 6.10 Å². The molecule has 4 heteroatoms. The van der Waals surface area contributed by atoms with E-state index >= 15 is 0 Å². The summed E-state index contributed by atoms with van der Waals surface area (Å²) in [5.74, 6) is 1.29. The molecule has 0 radical (unpaired) electrons. The van der Waals surface area contributed by atoms with Crippen molar-refractivity contribution in [3.05, 3.63) is 34.9 Å². The lowest BCUT2D eigenvalue weighted by Crippen LogP contribution is -2.20. The van der Waals surface area contributed by atoms with Crippen molar-refractivity contribution < 1.29 is 19.4 Å². The normalized spacial score (nSPS) is 23.5. The number of phenolic OH excluding ortho intramolecular Hbond substituents is 1. The van der Waals surface area contributed by atoms with E-state index in [4.69, 9.17) is 9.47 Å². The van der Waals surface area contributed by atoms with Crippen LogP contribution < -0.4 is 4.74 Å². The number of aromatic hydroxyl groups is 1. The fourth-order valence-corrected chi connectivity index (χ4v) is 4.99. The minimum absolute atomic E-state index is 0.0411. The Kier molecular flexibility index (Phi) is 3.90. The highest BCUT2D eigenvalue weighted by Crippen LogP contribution is 2.63. The van der Waals surface area contributed by atoms with Crippen molar-refractivity contribution >= 4 is 16.9 Å². The second-order valence-corrected chi connectivity index (χ2v) is 8.18. The molecular formula is C22H26O4. The van der Waals surface area contributed by atoms with Crippen LogP contribution in [-0.4, -0.2) is 17.4 Å². The summed E-state index contributed by atoms with van der Waals surface area (Å²) >= 11 is 0. The number of benzene rings is 2. The third-order valence-electron chi connectivity index (χ3n) is 6.04. The standard InChI is InChI=1S/C22H26O4/c1-5-13-7-6-8-15-16(13)20(26-21(24)25-12(2)3)17-14-9-10-22(4,11-14)18(17)19(15)23/h6-8,12,14,23H,5,9-11H2,1-4H3. The topological polar surface area (TPSA) is 55.8 Å². The van der Waals surface area contributed by atoms with Gasteiger partial charge in [-0.3, -0.25) is 0 Å². The van der Waals surface area contributed by atoms with Gasteiger partial charge in [0, 0.05) is 21.9 Å². The van der Waals surface area contributed by atoms with Gasteiger partial charge < -0.3 is 14.6 Å². The molecule has 0 amide bonds. The number of phenols is 1. The van der Waals surface area contributed by atoms with E-state index < -0.39 is 6.16 Å². The molecule has 4 rings (SSSR count). The average molecular weight is 354 g/mol. The molecule has 2 aromatic rings. The Morgan fingerprint density at radius 1 is 1.38 bits per heavy atom. The molecule has 2 bridgehead atoms. The van der Waals surface area contributed by atoms with Gasteiger partial charge in [0.15, 0.2) is 0 Å². The number of carbonyl (C=O) groups excluding carboxylic acids is 1. The molecule has 0 spiro atoms. The summed E-state index contributed by atoms with van der Waals surface area (Å²) in [6.07, 6.45) is 3.02. The summed E-state index contributed by atoms with van der Waals surface area (Å²) < 4.78 is 11.1. The first-order chi connectivity index (χ1) is 12.4. The van der Waals surface area contributed by atoms with Crippen LogP contribution in [0, 0.1) is 0 Å². The lowest BCUT2D eigenvalue weighted by molar-refractivity contribution is 0.0729. The largest absolute Gasteiger partial charge is 0.514 e. The van der Waals surface area contributed by atoms with Gasteiger partial charge in [-0.2, -0.15) is 0 Å². The van der Waals surface area contributed by atoms with Crippen molar-refractivity contribution in [2.45, 2.75) is 70.8 Å². The van der Waals surface area contributed by atoms with E-state index in [-0.39, 0.29) is 11.5 Å². The summed E-state index contributed by atoms with van der Waals surface area (Å²) in [6.45, 7) is 7.90. The van der Waals surface area contributed by atoms with Gasteiger partial charge in [-0.25, -0.2) is 4.79 Å². The number of ether oxygens (including phenoxy) is 2. The minimum atomic E-state index is -0.673. The Balaban J connectivity index is 2.00. The zero-order valence-electron chi connectivity index (χ0n) is 15.9. The highest BCUT2D eigenvalue weighted by Gasteiger charge is 2.50. The molecule has 1 fully saturated rings. The molecule has 2 aliphatic rings. The van der Waals surface area contributed by atoms with E-state index in [9.17, 15) is 9.90 Å². The third kappa shape index (κ3) is 2.38. The lowest BCUT2D eigenvalue weighted by Gasteiger charge is -2.28. The van der Waals surface area contributed by atoms with Gasteiger partial charge in [-0.15, -0.1) is 0 Å². The monoisotopic (exact) mass is 354 g/mol. The number of fused-ring (bicyclic) bond motifs is 6. The highest BCUT2D eigenvalue weighted by molar-refractivity contribution is 6.00. The van der Waals surface area contributed by atoms with Gasteiger partial charge in [0.2, 0.25) is 0 Å². The maximum absolute atomic E-state index is 12.3. The van der Waals surface area contributed by atoms with Crippen LogP contribution in [0.4, 0.5) is 4.79 Å². The minimum Gasteiger partial charge on any atom is -0.507 e. The fraction of sp³-hybridized carbons (Fsp3) is 0.500. The maximum atomic E-state index is 12.3. The van der Waals surface area contributed by atoms with E-state index in [1.165, 1.54) is 0 Å². The summed E-state index contributed by atoms with van der Waals surface area (Å²) in [5, 5.41) is 12.7. The molecule has 138 valence electrons. The second-order valence-electron chi connectivity index (χ2n) is 8.18. The third-order valence-corrected chi connectivity index (χ3v) is 6.04. The Bertz CT molecular complexity index is 899. The Morgan fingerprint density at radius 3 is 2.85 bits per heavy atom.